The molecular weight excluding hydrogens is 564 g/mol. The summed E-state index contributed by atoms with van der Waals surface area (Å²) in [4.78, 5) is 41.6. The van der Waals surface area contributed by atoms with Crippen LogP contribution in [0.5, 0.6) is 5.75 Å². The van der Waals surface area contributed by atoms with Crippen molar-refractivity contribution in [3.05, 3.63) is 53.1 Å². The quantitative estimate of drug-likeness (QED) is 0.412. The lowest BCUT2D eigenvalue weighted by atomic mass is 9.81. The molecule has 1 N–H and O–H groups in total. The van der Waals surface area contributed by atoms with Gasteiger partial charge in [0.2, 0.25) is 11.8 Å². The molecule has 5 rings (SSSR count). The lowest BCUT2D eigenvalue weighted by Crippen LogP contribution is -2.37. The van der Waals surface area contributed by atoms with E-state index in [9.17, 15) is 14.4 Å². The molecule has 0 aromatic heterocycles. The highest BCUT2D eigenvalue weighted by molar-refractivity contribution is 9.12. The third kappa shape index (κ3) is 3.22. The minimum absolute atomic E-state index is 0.104. The molecule has 2 bridgehead atoms. The highest BCUT2D eigenvalue weighted by Gasteiger charge is 2.66. The Bertz CT molecular complexity index is 1110. The van der Waals surface area contributed by atoms with Gasteiger partial charge < -0.3 is 10.1 Å². The summed E-state index contributed by atoms with van der Waals surface area (Å²) in [7, 11) is 1.50. The van der Waals surface area contributed by atoms with Gasteiger partial charge in [-0.25, -0.2) is 4.90 Å². The Hall–Kier alpha value is -1.90. The first-order chi connectivity index (χ1) is 15.3. The molecule has 0 unspecified atom stereocenters. The molecule has 6 nitrogen and oxygen atoms in total. The Morgan fingerprint density at radius 3 is 2.31 bits per heavy atom. The van der Waals surface area contributed by atoms with Crippen molar-refractivity contribution in [3.8, 4) is 5.75 Å². The van der Waals surface area contributed by atoms with Crippen LogP contribution in [0.15, 0.2) is 42.5 Å². The average Bonchev–Trinajstić information content (AvgIpc) is 3.39. The van der Waals surface area contributed by atoms with Crippen molar-refractivity contribution in [3.63, 3.8) is 0 Å². The summed E-state index contributed by atoms with van der Waals surface area (Å²) in [6, 6.07) is 11.6. The Labute approximate surface area is 206 Å². The van der Waals surface area contributed by atoms with E-state index in [4.69, 9.17) is 16.3 Å². The molecule has 1 aliphatic heterocycles. The molecule has 1 heterocycles. The summed E-state index contributed by atoms with van der Waals surface area (Å²) >= 11 is 13.5. The summed E-state index contributed by atoms with van der Waals surface area (Å²) < 4.78 is 5.30. The molecule has 0 radical (unpaired) electrons. The zero-order valence-electron chi connectivity index (χ0n) is 16.9. The Kier molecular flexibility index (Phi) is 5.58. The summed E-state index contributed by atoms with van der Waals surface area (Å²) in [6.07, 6.45) is 0.850. The highest BCUT2D eigenvalue weighted by Crippen LogP contribution is 2.60. The number of rotatable bonds is 4. The number of imide groups is 1. The predicted molar refractivity (Wildman–Crippen MR) is 129 cm³/mol. The standard InChI is InChI=1S/C23H19Br2ClN2O4/c1-32-16-7-6-10(26)8-14(16)27-21(29)11-4-2-3-5-15(11)28-22(30)17-12-9-13(18(17)23(28)31)20(25)19(12)24/h2-8,12-13,17-20H,9H2,1H3,(H,27,29)/t12-,13-,17-,18-,19-,20+/m1/s1. The van der Waals surface area contributed by atoms with E-state index >= 15 is 0 Å². The van der Waals surface area contributed by atoms with Crippen molar-refractivity contribution in [2.75, 3.05) is 17.3 Å². The molecule has 3 fully saturated rings. The molecule has 0 spiro atoms. The number of carbonyl (C=O) groups is 3. The van der Waals surface area contributed by atoms with Gasteiger partial charge in [0.25, 0.3) is 5.91 Å². The van der Waals surface area contributed by atoms with Crippen LogP contribution in [0, 0.1) is 23.7 Å². The van der Waals surface area contributed by atoms with Gasteiger partial charge in [0.1, 0.15) is 5.75 Å². The zero-order valence-corrected chi connectivity index (χ0v) is 20.9. The number of anilines is 2. The third-order valence-corrected chi connectivity index (χ3v) is 10.2. The van der Waals surface area contributed by atoms with Gasteiger partial charge in [-0.3, -0.25) is 14.4 Å². The second-order valence-corrected chi connectivity index (χ2v) is 10.9. The van der Waals surface area contributed by atoms with Gasteiger partial charge >= 0.3 is 0 Å². The van der Waals surface area contributed by atoms with Crippen molar-refractivity contribution >= 4 is 72.6 Å². The molecule has 32 heavy (non-hydrogen) atoms. The number of nitrogens with one attached hydrogen (secondary N) is 1. The number of halogens is 3. The van der Waals surface area contributed by atoms with E-state index in [1.165, 1.54) is 12.0 Å². The molecule has 166 valence electrons. The van der Waals surface area contributed by atoms with Crippen LogP contribution in [0.25, 0.3) is 0 Å². The molecule has 1 saturated heterocycles. The maximum absolute atomic E-state index is 13.4. The number of hydrogen-bond donors (Lipinski definition) is 1. The predicted octanol–water partition coefficient (Wildman–Crippen LogP) is 4.88. The van der Waals surface area contributed by atoms with Crippen LogP contribution in [0.1, 0.15) is 16.8 Å². The van der Waals surface area contributed by atoms with Crippen molar-refractivity contribution in [1.29, 1.82) is 0 Å². The highest BCUT2D eigenvalue weighted by atomic mass is 79.9. The van der Waals surface area contributed by atoms with Crippen LogP contribution in [0.3, 0.4) is 0 Å². The number of fused-ring (bicyclic) bond motifs is 5. The first-order valence-corrected chi connectivity index (χ1v) is 12.4. The van der Waals surface area contributed by atoms with Crippen LogP contribution in [-0.4, -0.2) is 34.5 Å². The molecular formula is C23H19Br2ClN2O4. The molecule has 2 saturated carbocycles. The van der Waals surface area contributed by atoms with Crippen LogP contribution >= 0.6 is 43.5 Å². The van der Waals surface area contributed by atoms with E-state index in [1.807, 2.05) is 0 Å². The van der Waals surface area contributed by atoms with Crippen LogP contribution < -0.4 is 15.0 Å². The van der Waals surface area contributed by atoms with E-state index in [1.54, 1.807) is 42.5 Å². The van der Waals surface area contributed by atoms with Gasteiger partial charge in [0.15, 0.2) is 0 Å². The zero-order chi connectivity index (χ0) is 22.7. The van der Waals surface area contributed by atoms with E-state index in [0.717, 1.165) is 6.42 Å². The number of hydrogen-bond acceptors (Lipinski definition) is 4. The molecule has 2 aliphatic carbocycles. The van der Waals surface area contributed by atoms with Gasteiger partial charge in [0, 0.05) is 14.7 Å². The Morgan fingerprint density at radius 2 is 1.69 bits per heavy atom. The second-order valence-electron chi connectivity index (χ2n) is 8.33. The minimum atomic E-state index is -0.460. The van der Waals surface area contributed by atoms with E-state index in [-0.39, 0.29) is 50.7 Å². The number of alkyl halides is 2. The summed E-state index contributed by atoms with van der Waals surface area (Å²) in [5.41, 5.74) is 0.930. The molecule has 3 amide bonds. The number of carbonyl (C=O) groups excluding carboxylic acids is 3. The SMILES string of the molecule is COc1ccc(Cl)cc1NC(=O)c1ccccc1N1C(=O)[C@@H]2[C@H]3C[C@@H]([C@@H](Br)[C@H]3Br)[C@H]2C1=O. The van der Waals surface area contributed by atoms with Crippen molar-refractivity contribution in [1.82, 2.24) is 0 Å². The Balaban J connectivity index is 1.48. The molecule has 2 aromatic rings. The fourth-order valence-corrected chi connectivity index (χ4v) is 7.46. The lowest BCUT2D eigenvalue weighted by Gasteiger charge is -2.28. The molecule has 9 heteroatoms. The monoisotopic (exact) mass is 580 g/mol. The molecule has 2 aromatic carbocycles. The van der Waals surface area contributed by atoms with Gasteiger partial charge in [-0.2, -0.15) is 0 Å². The first-order valence-electron chi connectivity index (χ1n) is 10.2. The summed E-state index contributed by atoms with van der Waals surface area (Å²) in [5.74, 6) is -0.955. The normalized spacial score (nSPS) is 30.6. The van der Waals surface area contributed by atoms with Crippen molar-refractivity contribution in [2.45, 2.75) is 16.1 Å². The summed E-state index contributed by atoms with van der Waals surface area (Å²) in [6.45, 7) is 0. The molecule has 6 atom stereocenters. The fourth-order valence-electron chi connectivity index (χ4n) is 5.41. The number of ether oxygens (including phenoxy) is 1. The maximum Gasteiger partial charge on any atom is 0.257 e. The number of nitrogens with zero attached hydrogens (tertiary/aromatic N) is 1. The van der Waals surface area contributed by atoms with Gasteiger partial charge in [0.05, 0.1) is 35.9 Å². The largest absolute Gasteiger partial charge is 0.495 e. The topological polar surface area (TPSA) is 75.7 Å². The lowest BCUT2D eigenvalue weighted by molar-refractivity contribution is -0.123. The fraction of sp³-hybridized carbons (Fsp3) is 0.348. The first kappa shape index (κ1) is 21.9. The minimum Gasteiger partial charge on any atom is -0.495 e. The molecule has 3 aliphatic rings. The van der Waals surface area contributed by atoms with Gasteiger partial charge in [-0.15, -0.1) is 0 Å². The summed E-state index contributed by atoms with van der Waals surface area (Å²) in [5, 5.41) is 3.23. The number of para-hydroxylation sites is 1. The smallest absolute Gasteiger partial charge is 0.257 e. The van der Waals surface area contributed by atoms with E-state index in [0.29, 0.717) is 22.1 Å². The number of amides is 3. The number of methoxy groups -OCH3 is 1. The second kappa shape index (κ2) is 8.15. The van der Waals surface area contributed by atoms with Crippen LogP contribution in [0.2, 0.25) is 5.02 Å². The average molecular weight is 583 g/mol. The van der Waals surface area contributed by atoms with E-state index in [2.05, 4.69) is 37.2 Å². The maximum atomic E-state index is 13.4. The van der Waals surface area contributed by atoms with Crippen molar-refractivity contribution in [2.24, 2.45) is 23.7 Å². The van der Waals surface area contributed by atoms with Crippen LogP contribution in [-0.2, 0) is 9.59 Å². The van der Waals surface area contributed by atoms with E-state index < -0.39 is 5.91 Å². The Morgan fingerprint density at radius 1 is 1.06 bits per heavy atom. The number of benzene rings is 2. The van der Waals surface area contributed by atoms with Gasteiger partial charge in [-0.05, 0) is 48.6 Å². The van der Waals surface area contributed by atoms with Crippen LogP contribution in [0.4, 0.5) is 11.4 Å². The third-order valence-electron chi connectivity index (χ3n) is 6.79. The van der Waals surface area contributed by atoms with Gasteiger partial charge in [-0.1, -0.05) is 55.6 Å². The van der Waals surface area contributed by atoms with Crippen molar-refractivity contribution < 1.29 is 19.1 Å².